The fourth-order valence-corrected chi connectivity index (χ4v) is 5.48. The highest BCUT2D eigenvalue weighted by atomic mass is 32.2. The number of carbonyl (C=O) groups is 3. The first kappa shape index (κ1) is 27.5. The van der Waals surface area contributed by atoms with Gasteiger partial charge in [0, 0.05) is 17.3 Å². The molecule has 1 aliphatic heterocycles. The number of esters is 1. The van der Waals surface area contributed by atoms with E-state index in [0.29, 0.717) is 18.7 Å². The zero-order valence-electron chi connectivity index (χ0n) is 20.5. The van der Waals surface area contributed by atoms with Crippen LogP contribution in [0, 0.1) is 5.82 Å². The maximum Gasteiger partial charge on any atom is 0.338 e. The molecule has 1 N–H and O–H groups in total. The van der Waals surface area contributed by atoms with E-state index in [1.807, 2.05) is 0 Å². The molecule has 0 aromatic heterocycles. The summed E-state index contributed by atoms with van der Waals surface area (Å²) in [7, 11) is -1.36. The van der Waals surface area contributed by atoms with E-state index in [1.165, 1.54) is 17.0 Å². The van der Waals surface area contributed by atoms with Crippen LogP contribution in [0.5, 0.6) is 0 Å². The average molecular weight is 517 g/mol. The minimum atomic E-state index is -1.36. The van der Waals surface area contributed by atoms with E-state index in [1.54, 1.807) is 43.3 Å². The first-order valence-electron chi connectivity index (χ1n) is 12.3. The van der Waals surface area contributed by atoms with Crippen molar-refractivity contribution in [3.8, 4) is 0 Å². The maximum atomic E-state index is 12.9. The number of hydrogen-bond acceptors (Lipinski definition) is 5. The third kappa shape index (κ3) is 8.26. The molecule has 0 saturated carbocycles. The molecular weight excluding hydrogens is 483 g/mol. The number of likely N-dealkylation sites (tertiary alicyclic amines) is 1. The fraction of sp³-hybridized carbons (Fsp3) is 0.444. The number of nitrogens with one attached hydrogen (secondary N) is 1. The highest BCUT2D eigenvalue weighted by Crippen LogP contribution is 2.24. The molecular formula is C27H33FN2O5S. The Bertz CT molecular complexity index is 1060. The number of unbranched alkanes of at least 4 members (excludes halogenated alkanes) is 3. The van der Waals surface area contributed by atoms with Crippen LogP contribution < -0.4 is 5.32 Å². The van der Waals surface area contributed by atoms with Crippen LogP contribution in [-0.4, -0.2) is 52.0 Å². The minimum absolute atomic E-state index is 0.0956. The van der Waals surface area contributed by atoms with Gasteiger partial charge in [-0.05, 0) is 61.6 Å². The normalized spacial score (nSPS) is 15.8. The molecule has 2 aromatic rings. The summed E-state index contributed by atoms with van der Waals surface area (Å²) in [5.74, 6) is -0.833. The molecule has 9 heteroatoms. The molecule has 0 bridgehead atoms. The van der Waals surface area contributed by atoms with E-state index in [4.69, 9.17) is 4.74 Å². The molecule has 1 heterocycles. The van der Waals surface area contributed by atoms with Crippen LogP contribution in [-0.2, 0) is 37.3 Å². The monoisotopic (exact) mass is 516 g/mol. The predicted molar refractivity (Wildman–Crippen MR) is 136 cm³/mol. The van der Waals surface area contributed by atoms with Gasteiger partial charge in [-0.1, -0.05) is 37.1 Å². The summed E-state index contributed by atoms with van der Waals surface area (Å²) < 4.78 is 30.7. The molecule has 1 fully saturated rings. The molecule has 0 spiro atoms. The van der Waals surface area contributed by atoms with Crippen molar-refractivity contribution in [2.75, 3.05) is 19.7 Å². The second kappa shape index (κ2) is 13.9. The number of rotatable bonds is 14. The number of amides is 2. The Morgan fingerprint density at radius 3 is 2.36 bits per heavy atom. The van der Waals surface area contributed by atoms with Gasteiger partial charge in [-0.3, -0.25) is 13.8 Å². The number of β-lactam (4-membered cyclic amide) rings is 1. The molecule has 2 atom stereocenters. The molecule has 36 heavy (non-hydrogen) atoms. The molecule has 0 radical (unpaired) electrons. The Labute approximate surface area is 213 Å². The van der Waals surface area contributed by atoms with E-state index in [9.17, 15) is 23.0 Å². The van der Waals surface area contributed by atoms with Crippen molar-refractivity contribution in [3.05, 3.63) is 71.0 Å². The molecule has 2 unspecified atom stereocenters. The highest BCUT2D eigenvalue weighted by Gasteiger charge is 2.41. The second-order valence-electron chi connectivity index (χ2n) is 8.76. The van der Waals surface area contributed by atoms with Crippen LogP contribution in [0.15, 0.2) is 48.5 Å². The zero-order chi connectivity index (χ0) is 25.9. The Kier molecular flexibility index (Phi) is 10.6. The number of aryl methyl sites for hydroxylation is 1. The van der Waals surface area contributed by atoms with Gasteiger partial charge in [0.05, 0.1) is 24.3 Å². The second-order valence-corrected chi connectivity index (χ2v) is 10.4. The number of nitrogens with zero attached hydrogens (tertiary/aromatic N) is 1. The lowest BCUT2D eigenvalue weighted by atomic mass is 10.1. The molecule has 0 aliphatic carbocycles. The van der Waals surface area contributed by atoms with Crippen molar-refractivity contribution >= 4 is 28.6 Å². The van der Waals surface area contributed by atoms with Crippen molar-refractivity contribution in [1.82, 2.24) is 10.2 Å². The summed E-state index contributed by atoms with van der Waals surface area (Å²) in [5.41, 5.74) is 2.32. The molecule has 3 rings (SSSR count). The Hall–Kier alpha value is -3.07. The summed E-state index contributed by atoms with van der Waals surface area (Å²) >= 11 is 0. The Morgan fingerprint density at radius 2 is 1.69 bits per heavy atom. The topological polar surface area (TPSA) is 92.8 Å². The van der Waals surface area contributed by atoms with Gasteiger partial charge in [-0.2, -0.15) is 0 Å². The van der Waals surface area contributed by atoms with E-state index in [-0.39, 0.29) is 36.4 Å². The zero-order valence-corrected chi connectivity index (χ0v) is 21.4. The Morgan fingerprint density at radius 1 is 1.03 bits per heavy atom. The van der Waals surface area contributed by atoms with Crippen molar-refractivity contribution in [2.24, 2.45) is 0 Å². The SMILES string of the molecule is CCOC(=O)c1ccc(CS(=O)C2CC(=O)N2CC(=O)NCCCCCCc2ccc(F)cc2)cc1. The third-order valence-corrected chi connectivity index (χ3v) is 7.68. The number of hydrogen-bond donors (Lipinski definition) is 1. The number of benzene rings is 2. The lowest BCUT2D eigenvalue weighted by molar-refractivity contribution is -0.145. The predicted octanol–water partition coefficient (Wildman–Crippen LogP) is 3.73. The largest absolute Gasteiger partial charge is 0.462 e. The lowest BCUT2D eigenvalue weighted by Crippen LogP contribution is -2.57. The van der Waals surface area contributed by atoms with E-state index >= 15 is 0 Å². The quantitative estimate of drug-likeness (QED) is 0.235. The van der Waals surface area contributed by atoms with Crippen LogP contribution in [0.2, 0.25) is 0 Å². The van der Waals surface area contributed by atoms with Gasteiger partial charge in [0.1, 0.15) is 17.7 Å². The lowest BCUT2D eigenvalue weighted by Gasteiger charge is -2.39. The average Bonchev–Trinajstić information content (AvgIpc) is 2.86. The van der Waals surface area contributed by atoms with Crippen LogP contribution in [0.3, 0.4) is 0 Å². The summed E-state index contributed by atoms with van der Waals surface area (Å²) in [5, 5.41) is 2.35. The highest BCUT2D eigenvalue weighted by molar-refractivity contribution is 7.85. The number of halogens is 1. The first-order valence-corrected chi connectivity index (χ1v) is 13.7. The van der Waals surface area contributed by atoms with Crippen LogP contribution >= 0.6 is 0 Å². The minimum Gasteiger partial charge on any atom is -0.462 e. The van der Waals surface area contributed by atoms with Crippen molar-refractivity contribution in [1.29, 1.82) is 0 Å². The van der Waals surface area contributed by atoms with Crippen LogP contribution in [0.4, 0.5) is 4.39 Å². The van der Waals surface area contributed by atoms with Crippen LogP contribution in [0.1, 0.15) is 60.5 Å². The van der Waals surface area contributed by atoms with Gasteiger partial charge in [-0.25, -0.2) is 9.18 Å². The van der Waals surface area contributed by atoms with E-state index in [2.05, 4.69) is 5.32 Å². The summed E-state index contributed by atoms with van der Waals surface area (Å²) in [6.07, 6.45) is 4.87. The molecule has 2 amide bonds. The van der Waals surface area contributed by atoms with Gasteiger partial charge in [0.25, 0.3) is 0 Å². The number of carbonyl (C=O) groups excluding carboxylic acids is 3. The van der Waals surface area contributed by atoms with Crippen LogP contribution in [0.25, 0.3) is 0 Å². The number of ether oxygens (including phenoxy) is 1. The molecule has 1 saturated heterocycles. The van der Waals surface area contributed by atoms with Gasteiger partial charge in [0.2, 0.25) is 11.8 Å². The molecule has 1 aliphatic rings. The standard InChI is InChI=1S/C27H33FN2O5S/c1-2-35-27(33)22-12-8-21(9-13-22)19-36(34)26-17-25(32)30(26)18-24(31)29-16-6-4-3-5-7-20-10-14-23(28)15-11-20/h8-15,26H,2-7,16-19H2,1H3,(H,29,31). The van der Waals surface area contributed by atoms with E-state index in [0.717, 1.165) is 43.2 Å². The van der Waals surface area contributed by atoms with Crippen molar-refractivity contribution < 1.29 is 27.7 Å². The van der Waals surface area contributed by atoms with E-state index < -0.39 is 22.1 Å². The third-order valence-electron chi connectivity index (χ3n) is 6.04. The van der Waals surface area contributed by atoms with Gasteiger partial charge in [0.15, 0.2) is 0 Å². The maximum absolute atomic E-state index is 12.9. The van der Waals surface area contributed by atoms with Gasteiger partial charge in [-0.15, -0.1) is 0 Å². The fourth-order valence-electron chi connectivity index (χ4n) is 3.96. The van der Waals surface area contributed by atoms with Gasteiger partial charge < -0.3 is 15.0 Å². The summed E-state index contributed by atoms with van der Waals surface area (Å²) in [6.45, 7) is 2.46. The van der Waals surface area contributed by atoms with Crippen molar-refractivity contribution in [2.45, 2.75) is 56.6 Å². The molecule has 2 aromatic carbocycles. The first-order chi connectivity index (χ1) is 17.4. The summed E-state index contributed by atoms with van der Waals surface area (Å²) in [6, 6.07) is 13.2. The van der Waals surface area contributed by atoms with Crippen molar-refractivity contribution in [3.63, 3.8) is 0 Å². The molecule has 7 nitrogen and oxygen atoms in total. The van der Waals surface area contributed by atoms with Gasteiger partial charge >= 0.3 is 5.97 Å². The summed E-state index contributed by atoms with van der Waals surface area (Å²) in [4.78, 5) is 37.5. The smallest absolute Gasteiger partial charge is 0.338 e. The molecule has 194 valence electrons. The Balaban J connectivity index is 1.32.